The molecule has 1 heterocycles. The van der Waals surface area contributed by atoms with E-state index in [-0.39, 0.29) is 24.6 Å². The molecule has 1 unspecified atom stereocenters. The number of hydrogen-bond acceptors (Lipinski definition) is 4. The summed E-state index contributed by atoms with van der Waals surface area (Å²) in [6.07, 6.45) is 1.22. The second-order valence-electron chi connectivity index (χ2n) is 5.38. The van der Waals surface area contributed by atoms with Crippen LogP contribution in [-0.4, -0.2) is 48.4 Å². The molecule has 2 N–H and O–H groups in total. The summed E-state index contributed by atoms with van der Waals surface area (Å²) in [5.74, 6) is -0.321. The Balaban J connectivity index is 1.89. The molecule has 0 bridgehead atoms. The van der Waals surface area contributed by atoms with Crippen molar-refractivity contribution in [2.75, 3.05) is 26.3 Å². The lowest BCUT2D eigenvalue weighted by Crippen LogP contribution is -2.46. The SMILES string of the molecule is CCOC(=O)N1CCC(NC(CO)c2ccccc2F)CC1. The molecule has 1 aliphatic heterocycles. The number of carbonyl (C=O) groups is 1. The Morgan fingerprint density at radius 1 is 1.45 bits per heavy atom. The van der Waals surface area contributed by atoms with Gasteiger partial charge in [0.15, 0.2) is 0 Å². The van der Waals surface area contributed by atoms with Crippen LogP contribution >= 0.6 is 0 Å². The van der Waals surface area contributed by atoms with Crippen molar-refractivity contribution in [1.82, 2.24) is 10.2 Å². The Labute approximate surface area is 130 Å². The van der Waals surface area contributed by atoms with E-state index in [0.717, 1.165) is 12.8 Å². The number of nitrogens with one attached hydrogen (secondary N) is 1. The molecule has 0 aliphatic carbocycles. The second-order valence-corrected chi connectivity index (χ2v) is 5.38. The van der Waals surface area contributed by atoms with E-state index in [4.69, 9.17) is 4.74 Å². The van der Waals surface area contributed by atoms with E-state index in [1.165, 1.54) is 6.07 Å². The van der Waals surface area contributed by atoms with E-state index in [9.17, 15) is 14.3 Å². The van der Waals surface area contributed by atoms with Crippen LogP contribution in [0, 0.1) is 5.82 Å². The van der Waals surface area contributed by atoms with Gasteiger partial charge in [0.1, 0.15) is 5.82 Å². The topological polar surface area (TPSA) is 61.8 Å². The highest BCUT2D eigenvalue weighted by atomic mass is 19.1. The molecule has 0 spiro atoms. The Morgan fingerprint density at radius 3 is 2.73 bits per heavy atom. The first-order valence-corrected chi connectivity index (χ1v) is 7.68. The molecule has 0 radical (unpaired) electrons. The first-order valence-electron chi connectivity index (χ1n) is 7.68. The van der Waals surface area contributed by atoms with Gasteiger partial charge in [-0.1, -0.05) is 18.2 Å². The Hall–Kier alpha value is -1.66. The van der Waals surface area contributed by atoms with Crippen LogP contribution in [-0.2, 0) is 4.74 Å². The largest absolute Gasteiger partial charge is 0.450 e. The Kier molecular flexibility index (Phi) is 6.15. The van der Waals surface area contributed by atoms with E-state index in [2.05, 4.69) is 5.32 Å². The molecule has 1 aromatic carbocycles. The van der Waals surface area contributed by atoms with Gasteiger partial charge in [0, 0.05) is 24.7 Å². The highest BCUT2D eigenvalue weighted by Crippen LogP contribution is 2.20. The van der Waals surface area contributed by atoms with Crippen LogP contribution in [0.3, 0.4) is 0 Å². The van der Waals surface area contributed by atoms with Crippen molar-refractivity contribution in [1.29, 1.82) is 0 Å². The number of carbonyl (C=O) groups excluding carboxylic acids is 1. The fourth-order valence-corrected chi connectivity index (χ4v) is 2.73. The zero-order valence-electron chi connectivity index (χ0n) is 12.8. The van der Waals surface area contributed by atoms with Crippen LogP contribution in [0.4, 0.5) is 9.18 Å². The number of halogens is 1. The summed E-state index contributed by atoms with van der Waals surface area (Å²) in [6.45, 7) is 3.19. The minimum atomic E-state index is -0.430. The maximum absolute atomic E-state index is 13.8. The molecule has 22 heavy (non-hydrogen) atoms. The van der Waals surface area contributed by atoms with Crippen LogP contribution in [0.15, 0.2) is 24.3 Å². The van der Waals surface area contributed by atoms with Crippen molar-refractivity contribution in [2.45, 2.75) is 31.8 Å². The van der Waals surface area contributed by atoms with Gasteiger partial charge in [0.05, 0.1) is 19.3 Å². The zero-order chi connectivity index (χ0) is 15.9. The molecule has 1 aromatic rings. The standard InChI is InChI=1S/C16H23FN2O3/c1-2-22-16(21)19-9-7-12(8-10-19)18-15(11-20)13-5-3-4-6-14(13)17/h3-6,12,15,18,20H,2,7-11H2,1H3. The summed E-state index contributed by atoms with van der Waals surface area (Å²) in [7, 11) is 0. The third-order valence-electron chi connectivity index (χ3n) is 3.92. The van der Waals surface area contributed by atoms with Gasteiger partial charge in [-0.2, -0.15) is 0 Å². The molecule has 122 valence electrons. The quantitative estimate of drug-likeness (QED) is 0.874. The molecular weight excluding hydrogens is 287 g/mol. The van der Waals surface area contributed by atoms with Gasteiger partial charge in [0.25, 0.3) is 0 Å². The summed E-state index contributed by atoms with van der Waals surface area (Å²) in [4.78, 5) is 13.3. The van der Waals surface area contributed by atoms with Crippen LogP contribution in [0.1, 0.15) is 31.4 Å². The maximum atomic E-state index is 13.8. The molecule has 6 heteroatoms. The fraction of sp³-hybridized carbons (Fsp3) is 0.562. The van der Waals surface area contributed by atoms with Crippen LogP contribution < -0.4 is 5.32 Å². The lowest BCUT2D eigenvalue weighted by atomic mass is 10.0. The number of nitrogens with zero attached hydrogens (tertiary/aromatic N) is 1. The third kappa shape index (κ3) is 4.18. The maximum Gasteiger partial charge on any atom is 0.409 e. The molecule has 0 aromatic heterocycles. The van der Waals surface area contributed by atoms with Gasteiger partial charge in [-0.3, -0.25) is 0 Å². The normalized spacial score (nSPS) is 17.3. The second kappa shape index (κ2) is 8.10. The summed E-state index contributed by atoms with van der Waals surface area (Å²) in [6, 6.07) is 6.17. The zero-order valence-corrected chi connectivity index (χ0v) is 12.8. The fourth-order valence-electron chi connectivity index (χ4n) is 2.73. The van der Waals surface area contributed by atoms with E-state index in [1.807, 2.05) is 0 Å². The number of aliphatic hydroxyl groups is 1. The summed E-state index contributed by atoms with van der Waals surface area (Å²) >= 11 is 0. The number of likely N-dealkylation sites (tertiary alicyclic amines) is 1. The van der Waals surface area contributed by atoms with E-state index in [0.29, 0.717) is 25.3 Å². The van der Waals surface area contributed by atoms with Gasteiger partial charge < -0.3 is 20.1 Å². The number of ether oxygens (including phenoxy) is 1. The Morgan fingerprint density at radius 2 is 2.14 bits per heavy atom. The van der Waals surface area contributed by atoms with Crippen LogP contribution in [0.5, 0.6) is 0 Å². The smallest absolute Gasteiger partial charge is 0.409 e. The van der Waals surface area contributed by atoms with Gasteiger partial charge >= 0.3 is 6.09 Å². The van der Waals surface area contributed by atoms with Crippen molar-refractivity contribution in [3.63, 3.8) is 0 Å². The first-order chi connectivity index (χ1) is 10.7. The number of benzene rings is 1. The van der Waals surface area contributed by atoms with Crippen LogP contribution in [0.2, 0.25) is 0 Å². The van der Waals surface area contributed by atoms with Gasteiger partial charge in [-0.25, -0.2) is 9.18 Å². The van der Waals surface area contributed by atoms with E-state index in [1.54, 1.807) is 30.0 Å². The molecule has 0 saturated carbocycles. The highest BCUT2D eigenvalue weighted by Gasteiger charge is 2.26. The lowest BCUT2D eigenvalue weighted by molar-refractivity contribution is 0.0927. The molecule has 2 rings (SSSR count). The van der Waals surface area contributed by atoms with E-state index >= 15 is 0 Å². The molecule has 1 fully saturated rings. The summed E-state index contributed by atoms with van der Waals surface area (Å²) in [5.41, 5.74) is 0.470. The first kappa shape index (κ1) is 16.7. The van der Waals surface area contributed by atoms with Gasteiger partial charge in [0.2, 0.25) is 0 Å². The number of piperidine rings is 1. The number of hydrogen-bond donors (Lipinski definition) is 2. The van der Waals surface area contributed by atoms with Crippen molar-refractivity contribution in [3.8, 4) is 0 Å². The minimum Gasteiger partial charge on any atom is -0.450 e. The van der Waals surface area contributed by atoms with Crippen molar-refractivity contribution in [3.05, 3.63) is 35.6 Å². The number of rotatable bonds is 5. The highest BCUT2D eigenvalue weighted by molar-refractivity contribution is 5.67. The van der Waals surface area contributed by atoms with Gasteiger partial charge in [-0.15, -0.1) is 0 Å². The molecule has 5 nitrogen and oxygen atoms in total. The molecule has 1 amide bonds. The molecule has 1 atom stereocenters. The third-order valence-corrected chi connectivity index (χ3v) is 3.92. The number of aliphatic hydroxyl groups excluding tert-OH is 1. The average molecular weight is 310 g/mol. The monoisotopic (exact) mass is 310 g/mol. The summed E-state index contributed by atoms with van der Waals surface area (Å²) < 4.78 is 18.8. The van der Waals surface area contributed by atoms with E-state index < -0.39 is 6.04 Å². The molecule has 1 saturated heterocycles. The van der Waals surface area contributed by atoms with Crippen LogP contribution in [0.25, 0.3) is 0 Å². The summed E-state index contributed by atoms with van der Waals surface area (Å²) in [5, 5.41) is 12.8. The number of amides is 1. The van der Waals surface area contributed by atoms with Crippen molar-refractivity contribution < 1.29 is 19.0 Å². The van der Waals surface area contributed by atoms with Crippen molar-refractivity contribution >= 4 is 6.09 Å². The Bertz CT molecular complexity index is 490. The van der Waals surface area contributed by atoms with Crippen molar-refractivity contribution in [2.24, 2.45) is 0 Å². The predicted octanol–water partition coefficient (Wildman–Crippen LogP) is 2.07. The molecule has 1 aliphatic rings. The van der Waals surface area contributed by atoms with Gasteiger partial charge in [-0.05, 0) is 25.8 Å². The lowest BCUT2D eigenvalue weighted by Gasteiger charge is -2.33. The average Bonchev–Trinajstić information content (AvgIpc) is 2.54. The minimum absolute atomic E-state index is 0.141. The molecular formula is C16H23FN2O3. The predicted molar refractivity (Wildman–Crippen MR) is 81.0 cm³/mol.